The van der Waals surface area contributed by atoms with E-state index in [0.717, 1.165) is 50.3 Å². The first-order chi connectivity index (χ1) is 11.5. The number of carbonyl (C=O) groups is 1. The third-order valence-electron chi connectivity index (χ3n) is 5.26. The summed E-state index contributed by atoms with van der Waals surface area (Å²) in [6.07, 6.45) is 7.67. The van der Waals surface area contributed by atoms with Crippen molar-refractivity contribution in [2.45, 2.75) is 51.0 Å². The number of amides is 1. The van der Waals surface area contributed by atoms with Gasteiger partial charge in [0.2, 0.25) is 0 Å². The molecule has 0 spiro atoms. The van der Waals surface area contributed by atoms with Crippen LogP contribution in [0.3, 0.4) is 0 Å². The van der Waals surface area contributed by atoms with E-state index in [-0.39, 0.29) is 12.0 Å². The molecule has 2 fully saturated rings. The second-order valence-electron chi connectivity index (χ2n) is 7.38. The maximum absolute atomic E-state index is 13.0. The molecule has 1 aliphatic carbocycles. The van der Waals surface area contributed by atoms with Gasteiger partial charge in [-0.25, -0.2) is 0 Å². The SMILES string of the molecule is CC(O)CN1CCN(C(=O)c2cn(C)nc2C2CCCCC2)CC1. The highest BCUT2D eigenvalue weighted by Crippen LogP contribution is 2.33. The Bertz CT molecular complexity index is 555. The molecule has 134 valence electrons. The second-order valence-corrected chi connectivity index (χ2v) is 7.38. The lowest BCUT2D eigenvalue weighted by molar-refractivity contribution is 0.0552. The third kappa shape index (κ3) is 3.98. The van der Waals surface area contributed by atoms with Crippen LogP contribution in [0.25, 0.3) is 0 Å². The molecule has 0 bridgehead atoms. The van der Waals surface area contributed by atoms with Crippen molar-refractivity contribution in [3.63, 3.8) is 0 Å². The minimum atomic E-state index is -0.316. The van der Waals surface area contributed by atoms with Crippen molar-refractivity contribution >= 4 is 5.91 Å². The van der Waals surface area contributed by atoms with Crippen molar-refractivity contribution < 1.29 is 9.90 Å². The summed E-state index contributed by atoms with van der Waals surface area (Å²) in [5.74, 6) is 0.566. The molecule has 1 aromatic rings. The summed E-state index contributed by atoms with van der Waals surface area (Å²) in [4.78, 5) is 17.2. The highest BCUT2D eigenvalue weighted by molar-refractivity contribution is 5.95. The van der Waals surface area contributed by atoms with Gasteiger partial charge in [0, 0.05) is 51.9 Å². The number of hydrogen-bond acceptors (Lipinski definition) is 4. The van der Waals surface area contributed by atoms with E-state index < -0.39 is 0 Å². The number of piperazine rings is 1. The van der Waals surface area contributed by atoms with Crippen LogP contribution < -0.4 is 0 Å². The molecule has 1 aliphatic heterocycles. The van der Waals surface area contributed by atoms with Crippen LogP contribution in [0.2, 0.25) is 0 Å². The fraction of sp³-hybridized carbons (Fsp3) is 0.778. The Balaban J connectivity index is 1.67. The van der Waals surface area contributed by atoms with Crippen molar-refractivity contribution in [2.24, 2.45) is 7.05 Å². The second kappa shape index (κ2) is 7.66. The van der Waals surface area contributed by atoms with E-state index in [1.165, 1.54) is 19.3 Å². The van der Waals surface area contributed by atoms with Crippen LogP contribution in [0.15, 0.2) is 6.20 Å². The largest absolute Gasteiger partial charge is 0.392 e. The fourth-order valence-electron chi connectivity index (χ4n) is 4.03. The van der Waals surface area contributed by atoms with Gasteiger partial charge < -0.3 is 10.0 Å². The van der Waals surface area contributed by atoms with Gasteiger partial charge in [-0.05, 0) is 19.8 Å². The number of aromatic nitrogens is 2. The Labute approximate surface area is 144 Å². The minimum Gasteiger partial charge on any atom is -0.392 e. The first-order valence-corrected chi connectivity index (χ1v) is 9.28. The molecule has 2 heterocycles. The quantitative estimate of drug-likeness (QED) is 0.909. The zero-order valence-electron chi connectivity index (χ0n) is 14.9. The molecule has 0 radical (unpaired) electrons. The Morgan fingerprint density at radius 2 is 1.92 bits per heavy atom. The topological polar surface area (TPSA) is 61.6 Å². The molecule has 1 N–H and O–H groups in total. The summed E-state index contributed by atoms with van der Waals surface area (Å²) in [6.45, 7) is 5.60. The number of rotatable bonds is 4. The molecule has 1 amide bonds. The van der Waals surface area contributed by atoms with E-state index >= 15 is 0 Å². The molecule has 1 saturated carbocycles. The maximum atomic E-state index is 13.0. The predicted octanol–water partition coefficient (Wildman–Crippen LogP) is 1.61. The van der Waals surface area contributed by atoms with E-state index in [2.05, 4.69) is 10.00 Å². The van der Waals surface area contributed by atoms with Gasteiger partial charge in [-0.3, -0.25) is 14.4 Å². The van der Waals surface area contributed by atoms with E-state index in [1.807, 2.05) is 25.1 Å². The van der Waals surface area contributed by atoms with Crippen LogP contribution in [-0.4, -0.2) is 69.4 Å². The summed E-state index contributed by atoms with van der Waals surface area (Å²) < 4.78 is 1.79. The van der Waals surface area contributed by atoms with Gasteiger partial charge in [0.05, 0.1) is 17.4 Å². The standard InChI is InChI=1S/C18H30N4O2/c1-14(23)12-21-8-10-22(11-9-21)18(24)16-13-20(2)19-17(16)15-6-4-3-5-7-15/h13-15,23H,3-12H2,1-2H3. The van der Waals surface area contributed by atoms with Crippen LogP contribution in [0, 0.1) is 0 Å². The number of hydrogen-bond donors (Lipinski definition) is 1. The molecule has 1 saturated heterocycles. The average molecular weight is 334 g/mol. The van der Waals surface area contributed by atoms with Gasteiger partial charge in [-0.1, -0.05) is 19.3 Å². The van der Waals surface area contributed by atoms with Crippen LogP contribution in [0.4, 0.5) is 0 Å². The smallest absolute Gasteiger partial charge is 0.257 e. The van der Waals surface area contributed by atoms with Crippen molar-refractivity contribution in [3.8, 4) is 0 Å². The molecule has 1 aromatic heterocycles. The fourth-order valence-corrected chi connectivity index (χ4v) is 4.03. The number of aliphatic hydroxyl groups is 1. The monoisotopic (exact) mass is 334 g/mol. The van der Waals surface area contributed by atoms with Crippen LogP contribution in [0.5, 0.6) is 0 Å². The van der Waals surface area contributed by atoms with Crippen LogP contribution in [-0.2, 0) is 7.05 Å². The van der Waals surface area contributed by atoms with Gasteiger partial charge in [-0.2, -0.15) is 5.10 Å². The molecule has 0 aromatic carbocycles. The zero-order chi connectivity index (χ0) is 17.1. The normalized spacial score (nSPS) is 21.9. The number of β-amino-alcohol motifs (C(OH)–C–C–N with tert-alkyl or cyclic N) is 1. The van der Waals surface area contributed by atoms with Crippen molar-refractivity contribution in [1.82, 2.24) is 19.6 Å². The molecule has 6 heteroatoms. The number of nitrogens with zero attached hydrogens (tertiary/aromatic N) is 4. The van der Waals surface area contributed by atoms with Crippen molar-refractivity contribution in [2.75, 3.05) is 32.7 Å². The van der Waals surface area contributed by atoms with Crippen LogP contribution in [0.1, 0.15) is 61.0 Å². The summed E-state index contributed by atoms with van der Waals surface area (Å²) in [5.41, 5.74) is 1.81. The lowest BCUT2D eigenvalue weighted by Gasteiger charge is -2.35. The zero-order valence-corrected chi connectivity index (χ0v) is 14.9. The van der Waals surface area contributed by atoms with E-state index in [9.17, 15) is 9.90 Å². The Morgan fingerprint density at radius 3 is 2.54 bits per heavy atom. The third-order valence-corrected chi connectivity index (χ3v) is 5.26. The minimum absolute atomic E-state index is 0.125. The summed E-state index contributed by atoms with van der Waals surface area (Å²) in [6, 6.07) is 0. The number of aliphatic hydroxyl groups excluding tert-OH is 1. The predicted molar refractivity (Wildman–Crippen MR) is 93.1 cm³/mol. The van der Waals surface area contributed by atoms with Gasteiger partial charge >= 0.3 is 0 Å². The van der Waals surface area contributed by atoms with Crippen molar-refractivity contribution in [1.29, 1.82) is 0 Å². The molecule has 1 atom stereocenters. The van der Waals surface area contributed by atoms with Crippen molar-refractivity contribution in [3.05, 3.63) is 17.5 Å². The Kier molecular flexibility index (Phi) is 5.56. The van der Waals surface area contributed by atoms with Crippen LogP contribution >= 0.6 is 0 Å². The highest BCUT2D eigenvalue weighted by Gasteiger charge is 2.29. The maximum Gasteiger partial charge on any atom is 0.257 e. The highest BCUT2D eigenvalue weighted by atomic mass is 16.3. The number of aryl methyl sites for hydroxylation is 1. The number of carbonyl (C=O) groups excluding carboxylic acids is 1. The molecule has 1 unspecified atom stereocenters. The van der Waals surface area contributed by atoms with Gasteiger partial charge in [-0.15, -0.1) is 0 Å². The lowest BCUT2D eigenvalue weighted by Crippen LogP contribution is -2.50. The summed E-state index contributed by atoms with van der Waals surface area (Å²) in [7, 11) is 1.91. The lowest BCUT2D eigenvalue weighted by atomic mass is 9.85. The Hall–Kier alpha value is -1.40. The molecular weight excluding hydrogens is 304 g/mol. The first-order valence-electron chi connectivity index (χ1n) is 9.28. The van der Waals surface area contributed by atoms with Gasteiger partial charge in [0.25, 0.3) is 5.91 Å². The van der Waals surface area contributed by atoms with E-state index in [1.54, 1.807) is 4.68 Å². The molecular formula is C18H30N4O2. The molecule has 6 nitrogen and oxygen atoms in total. The summed E-state index contributed by atoms with van der Waals surface area (Å²) >= 11 is 0. The molecule has 3 rings (SSSR count). The van der Waals surface area contributed by atoms with E-state index in [0.29, 0.717) is 12.5 Å². The molecule has 24 heavy (non-hydrogen) atoms. The van der Waals surface area contributed by atoms with Gasteiger partial charge in [0.1, 0.15) is 0 Å². The first kappa shape index (κ1) is 17.4. The average Bonchev–Trinajstić information content (AvgIpc) is 2.97. The van der Waals surface area contributed by atoms with Gasteiger partial charge in [0.15, 0.2) is 0 Å². The molecule has 2 aliphatic rings. The van der Waals surface area contributed by atoms with E-state index in [4.69, 9.17) is 0 Å². The Morgan fingerprint density at radius 1 is 1.25 bits per heavy atom. The summed E-state index contributed by atoms with van der Waals surface area (Å²) in [5, 5.41) is 14.1.